The fourth-order valence-corrected chi connectivity index (χ4v) is 3.59. The molecular formula is C23H19Cl2NO4. The van der Waals surface area contributed by atoms with Gasteiger partial charge in [0.2, 0.25) is 0 Å². The minimum absolute atomic E-state index is 0.0644. The zero-order chi connectivity index (χ0) is 21.7. The number of carboxylic acids is 1. The second-order valence-corrected chi connectivity index (χ2v) is 7.44. The first-order valence-electron chi connectivity index (χ1n) is 9.08. The Bertz CT molecular complexity index is 1100. The van der Waals surface area contributed by atoms with Gasteiger partial charge in [-0.2, -0.15) is 0 Å². The van der Waals surface area contributed by atoms with Gasteiger partial charge in [0.1, 0.15) is 5.75 Å². The molecule has 0 atom stereocenters. The maximum absolute atomic E-state index is 12.6. The Morgan fingerprint density at radius 3 is 2.53 bits per heavy atom. The molecule has 30 heavy (non-hydrogen) atoms. The standard InChI is InChI=1S/C23H19Cl2NO4/c1-30-18-6-8-19(15-4-2-3-14(9-15)10-22(27)28)16(11-18)13-26-23(29)20-7-5-17(24)12-21(20)25/h2-9,11-12H,10,13H2,1H3,(H,26,29)(H,27,28). The number of hydrogen-bond acceptors (Lipinski definition) is 3. The van der Waals surface area contributed by atoms with E-state index in [4.69, 9.17) is 33.0 Å². The zero-order valence-corrected chi connectivity index (χ0v) is 17.6. The molecule has 0 aliphatic carbocycles. The highest BCUT2D eigenvalue weighted by Gasteiger charge is 2.13. The average Bonchev–Trinajstić information content (AvgIpc) is 2.71. The van der Waals surface area contributed by atoms with E-state index in [1.54, 1.807) is 25.3 Å². The van der Waals surface area contributed by atoms with Gasteiger partial charge in [0.25, 0.3) is 5.91 Å². The third kappa shape index (κ3) is 5.32. The highest BCUT2D eigenvalue weighted by atomic mass is 35.5. The Kier molecular flexibility index (Phi) is 6.98. The van der Waals surface area contributed by atoms with Crippen molar-refractivity contribution in [2.45, 2.75) is 13.0 Å². The number of amides is 1. The Labute approximate surface area is 184 Å². The van der Waals surface area contributed by atoms with Crippen LogP contribution in [-0.2, 0) is 17.8 Å². The van der Waals surface area contributed by atoms with Crippen LogP contribution < -0.4 is 10.1 Å². The summed E-state index contributed by atoms with van der Waals surface area (Å²) in [6, 6.07) is 17.5. The van der Waals surface area contributed by atoms with E-state index < -0.39 is 5.97 Å². The van der Waals surface area contributed by atoms with Crippen molar-refractivity contribution in [2.24, 2.45) is 0 Å². The molecule has 0 fully saturated rings. The van der Waals surface area contributed by atoms with E-state index in [2.05, 4.69) is 5.32 Å². The second kappa shape index (κ2) is 9.65. The van der Waals surface area contributed by atoms with Crippen molar-refractivity contribution in [3.63, 3.8) is 0 Å². The summed E-state index contributed by atoms with van der Waals surface area (Å²) in [5, 5.41) is 12.7. The number of rotatable bonds is 7. The van der Waals surface area contributed by atoms with Crippen LogP contribution in [0, 0.1) is 0 Å². The minimum Gasteiger partial charge on any atom is -0.497 e. The van der Waals surface area contributed by atoms with Gasteiger partial charge in [-0.3, -0.25) is 9.59 Å². The molecule has 0 bridgehead atoms. The van der Waals surface area contributed by atoms with Crippen molar-refractivity contribution in [1.29, 1.82) is 0 Å². The Morgan fingerprint density at radius 1 is 1.03 bits per heavy atom. The molecule has 0 saturated carbocycles. The van der Waals surface area contributed by atoms with Crippen molar-refractivity contribution < 1.29 is 19.4 Å². The van der Waals surface area contributed by atoms with E-state index in [1.165, 1.54) is 6.07 Å². The van der Waals surface area contributed by atoms with E-state index >= 15 is 0 Å². The van der Waals surface area contributed by atoms with Gasteiger partial charge in [-0.15, -0.1) is 0 Å². The van der Waals surface area contributed by atoms with Crippen molar-refractivity contribution >= 4 is 35.1 Å². The van der Waals surface area contributed by atoms with Crippen molar-refractivity contribution in [1.82, 2.24) is 5.32 Å². The van der Waals surface area contributed by atoms with Crippen LogP contribution in [0.5, 0.6) is 5.75 Å². The van der Waals surface area contributed by atoms with Gasteiger partial charge in [-0.05, 0) is 52.6 Å². The predicted molar refractivity (Wildman–Crippen MR) is 117 cm³/mol. The van der Waals surface area contributed by atoms with Gasteiger partial charge in [0.05, 0.1) is 24.1 Å². The molecule has 3 aromatic carbocycles. The number of carbonyl (C=O) groups excluding carboxylic acids is 1. The van der Waals surface area contributed by atoms with Crippen LogP contribution in [0.15, 0.2) is 60.7 Å². The lowest BCUT2D eigenvalue weighted by Crippen LogP contribution is -2.23. The van der Waals surface area contributed by atoms with Gasteiger partial charge in [0, 0.05) is 11.6 Å². The third-order valence-corrected chi connectivity index (χ3v) is 5.07. The molecule has 0 unspecified atom stereocenters. The lowest BCUT2D eigenvalue weighted by molar-refractivity contribution is -0.136. The van der Waals surface area contributed by atoms with Crippen LogP contribution in [0.1, 0.15) is 21.5 Å². The molecule has 0 radical (unpaired) electrons. The van der Waals surface area contributed by atoms with Crippen molar-refractivity contribution in [2.75, 3.05) is 7.11 Å². The summed E-state index contributed by atoms with van der Waals surface area (Å²) in [5.74, 6) is -0.575. The summed E-state index contributed by atoms with van der Waals surface area (Å²) >= 11 is 12.0. The first kappa shape index (κ1) is 21.7. The molecule has 7 heteroatoms. The molecule has 0 aromatic heterocycles. The molecular weight excluding hydrogens is 425 g/mol. The average molecular weight is 444 g/mol. The third-order valence-electron chi connectivity index (χ3n) is 4.52. The van der Waals surface area contributed by atoms with Crippen molar-refractivity contribution in [3.05, 3.63) is 87.4 Å². The molecule has 3 aromatic rings. The van der Waals surface area contributed by atoms with E-state index in [9.17, 15) is 9.59 Å². The van der Waals surface area contributed by atoms with Crippen LogP contribution in [0.3, 0.4) is 0 Å². The van der Waals surface area contributed by atoms with E-state index in [-0.39, 0.29) is 23.9 Å². The smallest absolute Gasteiger partial charge is 0.307 e. The minimum atomic E-state index is -0.894. The Hall–Kier alpha value is -3.02. The fourth-order valence-electron chi connectivity index (χ4n) is 3.09. The van der Waals surface area contributed by atoms with Crippen LogP contribution in [0.25, 0.3) is 11.1 Å². The number of carboxylic acid groups (broad SMARTS) is 1. The van der Waals surface area contributed by atoms with Gasteiger partial charge in [-0.1, -0.05) is 53.5 Å². The number of benzene rings is 3. The first-order chi connectivity index (χ1) is 14.4. The van der Waals surface area contributed by atoms with Gasteiger partial charge < -0.3 is 15.2 Å². The largest absolute Gasteiger partial charge is 0.497 e. The number of halogens is 2. The number of methoxy groups -OCH3 is 1. The lowest BCUT2D eigenvalue weighted by Gasteiger charge is -2.14. The number of carbonyl (C=O) groups is 2. The first-order valence-corrected chi connectivity index (χ1v) is 9.84. The molecule has 0 spiro atoms. The molecule has 0 saturated heterocycles. The normalized spacial score (nSPS) is 10.5. The summed E-state index contributed by atoms with van der Waals surface area (Å²) in [5.41, 5.74) is 3.56. The maximum Gasteiger partial charge on any atom is 0.307 e. The summed E-state index contributed by atoms with van der Waals surface area (Å²) in [6.07, 6.45) is -0.0644. The van der Waals surface area contributed by atoms with E-state index in [1.807, 2.05) is 36.4 Å². The quantitative estimate of drug-likeness (QED) is 0.524. The van der Waals surface area contributed by atoms with E-state index in [0.717, 1.165) is 16.7 Å². The maximum atomic E-state index is 12.6. The molecule has 2 N–H and O–H groups in total. The van der Waals surface area contributed by atoms with Crippen LogP contribution in [0.4, 0.5) is 0 Å². The number of aliphatic carboxylic acids is 1. The second-order valence-electron chi connectivity index (χ2n) is 6.60. The zero-order valence-electron chi connectivity index (χ0n) is 16.1. The SMILES string of the molecule is COc1ccc(-c2cccc(CC(=O)O)c2)c(CNC(=O)c2ccc(Cl)cc2Cl)c1. The van der Waals surface area contributed by atoms with Gasteiger partial charge >= 0.3 is 5.97 Å². The molecule has 0 aliphatic rings. The summed E-state index contributed by atoms with van der Waals surface area (Å²) in [7, 11) is 1.57. The molecule has 3 rings (SSSR count). The highest BCUT2D eigenvalue weighted by Crippen LogP contribution is 2.29. The molecule has 0 heterocycles. The fraction of sp³-hybridized carbons (Fsp3) is 0.130. The van der Waals surface area contributed by atoms with Crippen molar-refractivity contribution in [3.8, 4) is 16.9 Å². The van der Waals surface area contributed by atoms with Gasteiger partial charge in [0.15, 0.2) is 0 Å². The summed E-state index contributed by atoms with van der Waals surface area (Å²) in [6.45, 7) is 0.230. The van der Waals surface area contributed by atoms with Crippen LogP contribution >= 0.6 is 23.2 Å². The van der Waals surface area contributed by atoms with Crippen LogP contribution in [-0.4, -0.2) is 24.1 Å². The molecule has 154 valence electrons. The number of hydrogen-bond donors (Lipinski definition) is 2. The summed E-state index contributed by atoms with van der Waals surface area (Å²) in [4.78, 5) is 23.6. The lowest BCUT2D eigenvalue weighted by atomic mass is 9.97. The number of ether oxygens (including phenoxy) is 1. The predicted octanol–water partition coefficient (Wildman–Crippen LogP) is 5.23. The van der Waals surface area contributed by atoms with Crippen LogP contribution in [0.2, 0.25) is 10.0 Å². The Morgan fingerprint density at radius 2 is 1.83 bits per heavy atom. The highest BCUT2D eigenvalue weighted by molar-refractivity contribution is 6.36. The van der Waals surface area contributed by atoms with E-state index in [0.29, 0.717) is 21.9 Å². The monoisotopic (exact) mass is 443 g/mol. The summed E-state index contributed by atoms with van der Waals surface area (Å²) < 4.78 is 5.32. The topological polar surface area (TPSA) is 75.6 Å². The number of nitrogens with one attached hydrogen (secondary N) is 1. The van der Waals surface area contributed by atoms with Gasteiger partial charge in [-0.25, -0.2) is 0 Å². The molecule has 0 aliphatic heterocycles. The molecule has 5 nitrogen and oxygen atoms in total. The molecule has 1 amide bonds. The Balaban J connectivity index is 1.89.